The third-order valence-corrected chi connectivity index (χ3v) is 4.84. The van der Waals surface area contributed by atoms with Crippen LogP contribution < -0.4 is 4.74 Å². The Morgan fingerprint density at radius 3 is 3.08 bits per heavy atom. The lowest BCUT2D eigenvalue weighted by Crippen LogP contribution is -2.36. The monoisotopic (exact) mass is 337 g/mol. The summed E-state index contributed by atoms with van der Waals surface area (Å²) in [6, 6.07) is 4.26. The topological polar surface area (TPSA) is 48.0 Å². The molecule has 2 saturated heterocycles. The Labute approximate surface area is 141 Å². The molecule has 2 atom stereocenters. The van der Waals surface area contributed by atoms with E-state index < -0.39 is 0 Å². The summed E-state index contributed by atoms with van der Waals surface area (Å²) in [5.74, 6) is 0.0514. The van der Waals surface area contributed by atoms with Crippen LogP contribution in [-0.4, -0.2) is 55.9 Å². The summed E-state index contributed by atoms with van der Waals surface area (Å²) in [7, 11) is 1.48. The van der Waals surface area contributed by atoms with Crippen molar-refractivity contribution in [2.24, 2.45) is 0 Å². The average molecular weight is 337 g/mol. The first-order valence-corrected chi connectivity index (χ1v) is 8.41. The molecule has 5 nitrogen and oxygen atoms in total. The Balaban J connectivity index is 1.61. The number of hydrogen-bond donors (Lipinski definition) is 0. The minimum atomic E-state index is -0.371. The van der Waals surface area contributed by atoms with Gasteiger partial charge in [-0.15, -0.1) is 0 Å². The molecule has 2 aliphatic heterocycles. The van der Waals surface area contributed by atoms with Crippen LogP contribution >= 0.6 is 0 Å². The maximum Gasteiger partial charge on any atom is 0.227 e. The van der Waals surface area contributed by atoms with E-state index in [0.29, 0.717) is 37.6 Å². The summed E-state index contributed by atoms with van der Waals surface area (Å²) in [6.07, 6.45) is 2.00. The fraction of sp³-hybridized carbons (Fsp3) is 0.611. The molecule has 1 aromatic rings. The SMILES string of the molecule is CCO[C@H]1CO[C@@]2(CCN(C(=O)Cc3ccc(F)cc3OC)C2)C1. The van der Waals surface area contributed by atoms with Crippen LogP contribution in [0.1, 0.15) is 25.3 Å². The number of rotatable bonds is 5. The minimum absolute atomic E-state index is 0.0141. The van der Waals surface area contributed by atoms with Crippen LogP contribution in [0.3, 0.4) is 0 Å². The first-order valence-electron chi connectivity index (χ1n) is 8.41. The van der Waals surface area contributed by atoms with Crippen molar-refractivity contribution in [1.82, 2.24) is 4.90 Å². The lowest BCUT2D eigenvalue weighted by molar-refractivity contribution is -0.130. The quantitative estimate of drug-likeness (QED) is 0.826. The van der Waals surface area contributed by atoms with E-state index in [9.17, 15) is 9.18 Å². The Morgan fingerprint density at radius 2 is 2.33 bits per heavy atom. The molecule has 0 radical (unpaired) electrons. The largest absolute Gasteiger partial charge is 0.496 e. The van der Waals surface area contributed by atoms with E-state index in [2.05, 4.69) is 0 Å². The van der Waals surface area contributed by atoms with Crippen molar-refractivity contribution in [2.45, 2.75) is 37.9 Å². The molecule has 0 aliphatic carbocycles. The van der Waals surface area contributed by atoms with Gasteiger partial charge in [0, 0.05) is 37.7 Å². The Kier molecular flexibility index (Phi) is 5.06. The van der Waals surface area contributed by atoms with E-state index in [4.69, 9.17) is 14.2 Å². The number of amides is 1. The molecule has 1 spiro atoms. The summed E-state index contributed by atoms with van der Waals surface area (Å²) in [4.78, 5) is 14.4. The highest BCUT2D eigenvalue weighted by atomic mass is 19.1. The maximum atomic E-state index is 13.3. The zero-order valence-electron chi connectivity index (χ0n) is 14.2. The number of carbonyl (C=O) groups excluding carboxylic acids is 1. The summed E-state index contributed by atoms with van der Waals surface area (Å²) in [5, 5.41) is 0. The predicted molar refractivity (Wildman–Crippen MR) is 86.6 cm³/mol. The molecule has 3 rings (SSSR count). The molecule has 2 heterocycles. The maximum absolute atomic E-state index is 13.3. The molecule has 0 aromatic heterocycles. The van der Waals surface area contributed by atoms with Gasteiger partial charge in [0.25, 0.3) is 0 Å². The van der Waals surface area contributed by atoms with E-state index in [0.717, 1.165) is 12.8 Å². The van der Waals surface area contributed by atoms with E-state index in [1.807, 2.05) is 11.8 Å². The van der Waals surface area contributed by atoms with Crippen LogP contribution in [-0.2, 0) is 20.7 Å². The number of ether oxygens (including phenoxy) is 3. The van der Waals surface area contributed by atoms with E-state index in [-0.39, 0.29) is 29.9 Å². The highest BCUT2D eigenvalue weighted by Crippen LogP contribution is 2.36. The standard InChI is InChI=1S/C18H24FNO4/c1-3-23-15-10-18(24-11-15)6-7-20(12-18)17(21)8-13-4-5-14(19)9-16(13)22-2/h4-5,9,15H,3,6-8,10-12H2,1-2H3/t15-,18+/m1/s1. The van der Waals surface area contributed by atoms with Crippen molar-refractivity contribution < 1.29 is 23.4 Å². The van der Waals surface area contributed by atoms with Gasteiger partial charge in [-0.05, 0) is 19.4 Å². The van der Waals surface area contributed by atoms with Gasteiger partial charge in [-0.1, -0.05) is 6.07 Å². The van der Waals surface area contributed by atoms with Crippen molar-refractivity contribution in [1.29, 1.82) is 0 Å². The number of halogens is 1. The third-order valence-electron chi connectivity index (χ3n) is 4.84. The number of hydrogen-bond acceptors (Lipinski definition) is 4. The molecule has 132 valence electrons. The Morgan fingerprint density at radius 1 is 1.50 bits per heavy atom. The van der Waals surface area contributed by atoms with Crippen LogP contribution in [0.4, 0.5) is 4.39 Å². The van der Waals surface area contributed by atoms with Crippen molar-refractivity contribution in [3.63, 3.8) is 0 Å². The lowest BCUT2D eigenvalue weighted by Gasteiger charge is -2.23. The Bertz CT molecular complexity index is 609. The summed E-state index contributed by atoms with van der Waals surface area (Å²) in [5.41, 5.74) is 0.437. The molecule has 2 fully saturated rings. The van der Waals surface area contributed by atoms with Gasteiger partial charge in [-0.3, -0.25) is 4.79 Å². The van der Waals surface area contributed by atoms with Gasteiger partial charge >= 0.3 is 0 Å². The molecular weight excluding hydrogens is 313 g/mol. The fourth-order valence-corrected chi connectivity index (χ4v) is 3.63. The molecule has 1 aromatic carbocycles. The lowest BCUT2D eigenvalue weighted by atomic mass is 9.98. The highest BCUT2D eigenvalue weighted by molar-refractivity contribution is 5.80. The van der Waals surface area contributed by atoms with Crippen molar-refractivity contribution >= 4 is 5.91 Å². The van der Waals surface area contributed by atoms with E-state index in [1.165, 1.54) is 19.2 Å². The van der Waals surface area contributed by atoms with Crippen LogP contribution in [0.2, 0.25) is 0 Å². The summed E-state index contributed by atoms with van der Waals surface area (Å²) < 4.78 is 30.0. The molecule has 2 aliphatic rings. The predicted octanol–water partition coefficient (Wildman–Crippen LogP) is 2.17. The van der Waals surface area contributed by atoms with Gasteiger partial charge in [0.05, 0.1) is 31.8 Å². The first-order chi connectivity index (χ1) is 11.5. The molecule has 6 heteroatoms. The number of nitrogens with zero attached hydrogens (tertiary/aromatic N) is 1. The van der Waals surface area contributed by atoms with Gasteiger partial charge in [0.2, 0.25) is 5.91 Å². The van der Waals surface area contributed by atoms with E-state index >= 15 is 0 Å². The molecule has 24 heavy (non-hydrogen) atoms. The van der Waals surface area contributed by atoms with Crippen LogP contribution in [0.15, 0.2) is 18.2 Å². The summed E-state index contributed by atoms with van der Waals surface area (Å²) in [6.45, 7) is 4.53. The van der Waals surface area contributed by atoms with Crippen molar-refractivity contribution in [3.05, 3.63) is 29.6 Å². The zero-order valence-corrected chi connectivity index (χ0v) is 14.2. The average Bonchev–Trinajstić information content (AvgIpc) is 3.17. The third kappa shape index (κ3) is 3.54. The minimum Gasteiger partial charge on any atom is -0.496 e. The van der Waals surface area contributed by atoms with Crippen molar-refractivity contribution in [3.8, 4) is 5.75 Å². The van der Waals surface area contributed by atoms with Gasteiger partial charge in [-0.2, -0.15) is 0 Å². The second kappa shape index (κ2) is 7.07. The molecule has 0 unspecified atom stereocenters. The second-order valence-corrected chi connectivity index (χ2v) is 6.47. The fourth-order valence-electron chi connectivity index (χ4n) is 3.63. The van der Waals surface area contributed by atoms with Crippen LogP contribution in [0.25, 0.3) is 0 Å². The van der Waals surface area contributed by atoms with E-state index in [1.54, 1.807) is 6.07 Å². The van der Waals surface area contributed by atoms with Gasteiger partial charge in [0.15, 0.2) is 0 Å². The van der Waals surface area contributed by atoms with Crippen LogP contribution in [0, 0.1) is 5.82 Å². The highest BCUT2D eigenvalue weighted by Gasteiger charge is 2.46. The number of likely N-dealkylation sites (tertiary alicyclic amines) is 1. The van der Waals surface area contributed by atoms with Gasteiger partial charge in [-0.25, -0.2) is 4.39 Å². The molecular formula is C18H24FNO4. The second-order valence-electron chi connectivity index (χ2n) is 6.47. The first kappa shape index (κ1) is 17.2. The van der Waals surface area contributed by atoms with Crippen LogP contribution in [0.5, 0.6) is 5.75 Å². The number of methoxy groups -OCH3 is 1. The molecule has 0 bridgehead atoms. The molecule has 0 saturated carbocycles. The Hall–Kier alpha value is -1.66. The number of carbonyl (C=O) groups is 1. The molecule has 1 amide bonds. The molecule has 0 N–H and O–H groups in total. The smallest absolute Gasteiger partial charge is 0.227 e. The van der Waals surface area contributed by atoms with Gasteiger partial charge in [0.1, 0.15) is 11.6 Å². The normalized spacial score (nSPS) is 26.3. The van der Waals surface area contributed by atoms with Gasteiger partial charge < -0.3 is 19.1 Å². The number of benzene rings is 1. The summed E-state index contributed by atoms with van der Waals surface area (Å²) >= 11 is 0. The van der Waals surface area contributed by atoms with Crippen molar-refractivity contribution in [2.75, 3.05) is 33.4 Å². The zero-order chi connectivity index (χ0) is 17.2.